The molecule has 0 aromatic heterocycles. The Morgan fingerprint density at radius 2 is 2.24 bits per heavy atom. The van der Waals surface area contributed by atoms with Crippen LogP contribution in [0.2, 0.25) is 0 Å². The van der Waals surface area contributed by atoms with E-state index >= 15 is 0 Å². The summed E-state index contributed by atoms with van der Waals surface area (Å²) in [5, 5.41) is 0. The van der Waals surface area contributed by atoms with Crippen molar-refractivity contribution in [1.29, 1.82) is 0 Å². The van der Waals surface area contributed by atoms with E-state index in [9.17, 15) is 4.79 Å². The van der Waals surface area contributed by atoms with Crippen LogP contribution in [-0.4, -0.2) is 19.0 Å². The van der Waals surface area contributed by atoms with Gasteiger partial charge in [-0.05, 0) is 49.1 Å². The second kappa shape index (κ2) is 3.82. The van der Waals surface area contributed by atoms with Crippen LogP contribution in [-0.2, 0) is 16.6 Å². The van der Waals surface area contributed by atoms with Gasteiger partial charge in [0.25, 0.3) is 0 Å². The van der Waals surface area contributed by atoms with E-state index in [1.807, 2.05) is 6.07 Å². The van der Waals surface area contributed by atoms with E-state index < -0.39 is 0 Å². The van der Waals surface area contributed by atoms with Crippen LogP contribution in [0.5, 0.6) is 11.5 Å². The molecule has 0 saturated heterocycles. The standard InChI is InChI=1S/C18H20O3/c1-20-14-7-4-11-9-10-3-2-8-18-12(10)5-6-13(19)17(18)21-16(14)15(11)18/h4,7,10,12,17H,2-3,5-6,8-9H2,1H3/t10-,12?,17+,18?/m1/s1. The number of carbonyl (C=O) groups excluding carboxylic acids is 1. The van der Waals surface area contributed by atoms with Gasteiger partial charge in [0, 0.05) is 17.4 Å². The van der Waals surface area contributed by atoms with Crippen molar-refractivity contribution < 1.29 is 14.3 Å². The first-order valence-electron chi connectivity index (χ1n) is 8.15. The fourth-order valence-corrected chi connectivity index (χ4v) is 5.82. The summed E-state index contributed by atoms with van der Waals surface area (Å²) in [6.07, 6.45) is 6.31. The number of Topliss-reactive ketones (excluding diaryl/α,β-unsaturated/α-hetero) is 1. The summed E-state index contributed by atoms with van der Waals surface area (Å²) in [5.74, 6) is 3.35. The van der Waals surface area contributed by atoms with Crippen LogP contribution >= 0.6 is 0 Å². The monoisotopic (exact) mass is 284 g/mol. The van der Waals surface area contributed by atoms with Gasteiger partial charge in [0.05, 0.1) is 7.11 Å². The Kier molecular flexibility index (Phi) is 2.20. The lowest BCUT2D eigenvalue weighted by Gasteiger charge is -2.54. The molecule has 3 aliphatic carbocycles. The van der Waals surface area contributed by atoms with Crippen LogP contribution in [0.3, 0.4) is 0 Å². The Labute approximate surface area is 124 Å². The van der Waals surface area contributed by atoms with Gasteiger partial charge >= 0.3 is 0 Å². The van der Waals surface area contributed by atoms with E-state index in [0.717, 1.165) is 36.7 Å². The maximum absolute atomic E-state index is 12.6. The van der Waals surface area contributed by atoms with Crippen LogP contribution in [0.25, 0.3) is 0 Å². The number of rotatable bonds is 1. The molecule has 1 aliphatic heterocycles. The minimum absolute atomic E-state index is 0.0320. The quantitative estimate of drug-likeness (QED) is 0.795. The first-order valence-corrected chi connectivity index (χ1v) is 8.15. The summed E-state index contributed by atoms with van der Waals surface area (Å²) in [5.41, 5.74) is 2.71. The van der Waals surface area contributed by atoms with E-state index in [0.29, 0.717) is 18.1 Å². The molecule has 3 nitrogen and oxygen atoms in total. The van der Waals surface area contributed by atoms with Crippen LogP contribution in [0.4, 0.5) is 0 Å². The molecule has 2 unspecified atom stereocenters. The minimum Gasteiger partial charge on any atom is -0.493 e. The Hall–Kier alpha value is -1.51. The van der Waals surface area contributed by atoms with Crippen molar-refractivity contribution in [2.75, 3.05) is 7.11 Å². The lowest BCUT2D eigenvalue weighted by atomic mass is 9.48. The molecule has 110 valence electrons. The predicted molar refractivity (Wildman–Crippen MR) is 77.9 cm³/mol. The van der Waals surface area contributed by atoms with Crippen molar-refractivity contribution in [1.82, 2.24) is 0 Å². The first kappa shape index (κ1) is 12.1. The Bertz CT molecular complexity index is 650. The molecule has 2 fully saturated rings. The number of hydrogen-bond donors (Lipinski definition) is 0. The van der Waals surface area contributed by atoms with Crippen LogP contribution in [0, 0.1) is 11.8 Å². The summed E-state index contributed by atoms with van der Waals surface area (Å²) in [7, 11) is 1.69. The van der Waals surface area contributed by atoms with Gasteiger partial charge in [-0.1, -0.05) is 12.5 Å². The van der Waals surface area contributed by atoms with Crippen molar-refractivity contribution in [3.63, 3.8) is 0 Å². The van der Waals surface area contributed by atoms with E-state index in [1.165, 1.54) is 24.0 Å². The van der Waals surface area contributed by atoms with Crippen molar-refractivity contribution in [2.45, 2.75) is 50.0 Å². The fourth-order valence-electron chi connectivity index (χ4n) is 5.82. The van der Waals surface area contributed by atoms with E-state index in [1.54, 1.807) is 7.11 Å². The molecule has 0 radical (unpaired) electrons. The molecule has 1 heterocycles. The van der Waals surface area contributed by atoms with Gasteiger partial charge in [-0.3, -0.25) is 4.79 Å². The molecule has 2 saturated carbocycles. The molecule has 4 atom stereocenters. The third-order valence-corrected chi connectivity index (χ3v) is 6.47. The Balaban J connectivity index is 1.83. The first-order chi connectivity index (χ1) is 10.3. The topological polar surface area (TPSA) is 35.5 Å². The number of benzene rings is 1. The number of hydrogen-bond acceptors (Lipinski definition) is 3. The van der Waals surface area contributed by atoms with E-state index in [4.69, 9.17) is 9.47 Å². The summed E-state index contributed by atoms with van der Waals surface area (Å²) < 4.78 is 11.7. The zero-order valence-corrected chi connectivity index (χ0v) is 12.4. The number of carbonyl (C=O) groups is 1. The zero-order valence-electron chi connectivity index (χ0n) is 12.4. The lowest BCUT2D eigenvalue weighted by Crippen LogP contribution is -2.58. The molecule has 1 aromatic rings. The molecule has 3 heteroatoms. The van der Waals surface area contributed by atoms with Gasteiger partial charge in [-0.15, -0.1) is 0 Å². The van der Waals surface area contributed by atoms with Gasteiger partial charge in [0.15, 0.2) is 23.4 Å². The number of ether oxygens (including phenoxy) is 2. The second-order valence-electron chi connectivity index (χ2n) is 7.14. The summed E-state index contributed by atoms with van der Waals surface area (Å²) >= 11 is 0. The smallest absolute Gasteiger partial charge is 0.174 e. The van der Waals surface area contributed by atoms with Gasteiger partial charge in [-0.25, -0.2) is 0 Å². The molecule has 1 spiro atoms. The average molecular weight is 284 g/mol. The van der Waals surface area contributed by atoms with Crippen LogP contribution < -0.4 is 9.47 Å². The summed E-state index contributed by atoms with van der Waals surface area (Å²) in [4.78, 5) is 12.6. The average Bonchev–Trinajstić information content (AvgIpc) is 2.83. The van der Waals surface area contributed by atoms with E-state index in [-0.39, 0.29) is 11.5 Å². The van der Waals surface area contributed by atoms with Crippen molar-refractivity contribution >= 4 is 5.78 Å². The molecular weight excluding hydrogens is 264 g/mol. The van der Waals surface area contributed by atoms with Crippen molar-refractivity contribution in [3.05, 3.63) is 23.3 Å². The SMILES string of the molecule is COc1ccc2c3c1O[C@H]1C(=O)CCC4[C@H](CCCC341)C2. The molecule has 1 aromatic carbocycles. The highest BCUT2D eigenvalue weighted by atomic mass is 16.5. The van der Waals surface area contributed by atoms with Crippen molar-refractivity contribution in [3.8, 4) is 11.5 Å². The predicted octanol–water partition coefficient (Wildman–Crippen LogP) is 3.03. The van der Waals surface area contributed by atoms with Crippen molar-refractivity contribution in [2.24, 2.45) is 11.8 Å². The third kappa shape index (κ3) is 1.25. The van der Waals surface area contributed by atoms with Crippen LogP contribution in [0.15, 0.2) is 12.1 Å². The Morgan fingerprint density at radius 1 is 1.33 bits per heavy atom. The van der Waals surface area contributed by atoms with Gasteiger partial charge in [0.2, 0.25) is 0 Å². The zero-order chi connectivity index (χ0) is 14.2. The van der Waals surface area contributed by atoms with Gasteiger partial charge in [0.1, 0.15) is 0 Å². The molecule has 4 aliphatic rings. The Morgan fingerprint density at radius 3 is 3.10 bits per heavy atom. The van der Waals surface area contributed by atoms with E-state index in [2.05, 4.69) is 6.07 Å². The molecular formula is C18H20O3. The van der Waals surface area contributed by atoms with Crippen LogP contribution in [0.1, 0.15) is 43.2 Å². The normalized spacial score (nSPS) is 38.7. The summed E-state index contributed by atoms with van der Waals surface area (Å²) in [6.45, 7) is 0. The highest BCUT2D eigenvalue weighted by molar-refractivity contribution is 5.89. The van der Waals surface area contributed by atoms with Gasteiger partial charge < -0.3 is 9.47 Å². The largest absolute Gasteiger partial charge is 0.493 e. The maximum atomic E-state index is 12.6. The highest BCUT2D eigenvalue weighted by Gasteiger charge is 2.64. The highest BCUT2D eigenvalue weighted by Crippen LogP contribution is 2.65. The summed E-state index contributed by atoms with van der Waals surface area (Å²) in [6, 6.07) is 4.22. The molecule has 5 rings (SSSR count). The number of methoxy groups -OCH3 is 1. The lowest BCUT2D eigenvalue weighted by molar-refractivity contribution is -0.136. The minimum atomic E-state index is -0.246. The molecule has 21 heavy (non-hydrogen) atoms. The molecule has 2 bridgehead atoms. The second-order valence-corrected chi connectivity index (χ2v) is 7.14. The fraction of sp³-hybridized carbons (Fsp3) is 0.611. The molecule has 0 N–H and O–H groups in total. The third-order valence-electron chi connectivity index (χ3n) is 6.47. The maximum Gasteiger partial charge on any atom is 0.174 e. The number of ketones is 1. The molecule has 0 amide bonds. The van der Waals surface area contributed by atoms with Gasteiger partial charge in [-0.2, -0.15) is 0 Å².